The summed E-state index contributed by atoms with van der Waals surface area (Å²) in [5.41, 5.74) is -0.386. The van der Waals surface area contributed by atoms with Crippen molar-refractivity contribution in [3.63, 3.8) is 0 Å². The van der Waals surface area contributed by atoms with Gasteiger partial charge in [0.2, 0.25) is 5.91 Å². The second-order valence-corrected chi connectivity index (χ2v) is 7.52. The Morgan fingerprint density at radius 1 is 1.12 bits per heavy atom. The molecule has 4 rings (SSSR count). The molecule has 3 heterocycles. The summed E-state index contributed by atoms with van der Waals surface area (Å²) in [4.78, 5) is 20.1. The zero-order chi connectivity index (χ0) is 17.6. The van der Waals surface area contributed by atoms with Gasteiger partial charge in [0.05, 0.1) is 5.92 Å². The van der Waals surface area contributed by atoms with Crippen molar-refractivity contribution in [2.75, 3.05) is 31.1 Å². The molecule has 7 heteroatoms. The number of hydrogen-bond acceptors (Lipinski definition) is 3. The van der Waals surface area contributed by atoms with Crippen molar-refractivity contribution in [2.24, 2.45) is 17.8 Å². The molecule has 1 aromatic heterocycles. The van der Waals surface area contributed by atoms with Gasteiger partial charge in [-0.05, 0) is 43.2 Å². The molecule has 0 N–H and O–H groups in total. The van der Waals surface area contributed by atoms with Crippen LogP contribution in [0.25, 0.3) is 0 Å². The molecule has 0 spiro atoms. The molecule has 1 saturated carbocycles. The van der Waals surface area contributed by atoms with E-state index in [2.05, 4.69) is 4.98 Å². The second kappa shape index (κ2) is 6.18. The highest BCUT2D eigenvalue weighted by Crippen LogP contribution is 2.39. The summed E-state index contributed by atoms with van der Waals surface area (Å²) in [6.07, 6.45) is 1.17. The number of alkyl halides is 3. The lowest BCUT2D eigenvalue weighted by Crippen LogP contribution is -2.36. The first kappa shape index (κ1) is 16.7. The van der Waals surface area contributed by atoms with Crippen LogP contribution in [0.4, 0.5) is 18.9 Å². The van der Waals surface area contributed by atoms with E-state index in [0.29, 0.717) is 37.0 Å². The largest absolute Gasteiger partial charge is 0.433 e. The number of fused-ring (bicyclic) bond motifs is 1. The molecule has 25 heavy (non-hydrogen) atoms. The van der Waals surface area contributed by atoms with Crippen molar-refractivity contribution in [1.82, 2.24) is 9.88 Å². The average molecular weight is 353 g/mol. The molecule has 2 aliphatic heterocycles. The molecule has 1 aliphatic carbocycles. The lowest BCUT2D eigenvalue weighted by molar-refractivity contribution is -0.141. The molecule has 2 saturated heterocycles. The Kier molecular flexibility index (Phi) is 4.12. The Hall–Kier alpha value is -1.79. The van der Waals surface area contributed by atoms with Gasteiger partial charge in [-0.15, -0.1) is 0 Å². The van der Waals surface area contributed by atoms with E-state index in [0.717, 1.165) is 19.2 Å². The average Bonchev–Trinajstić information content (AvgIpc) is 3.29. The first-order valence-electron chi connectivity index (χ1n) is 8.99. The van der Waals surface area contributed by atoms with E-state index in [4.69, 9.17) is 0 Å². The van der Waals surface area contributed by atoms with Gasteiger partial charge in [-0.25, -0.2) is 0 Å². The second-order valence-electron chi connectivity index (χ2n) is 7.52. The predicted octanol–water partition coefficient (Wildman–Crippen LogP) is 3.19. The zero-order valence-electron chi connectivity index (χ0n) is 14.0. The van der Waals surface area contributed by atoms with E-state index in [9.17, 15) is 18.0 Å². The van der Waals surface area contributed by atoms with Crippen LogP contribution in [0.3, 0.4) is 0 Å². The minimum absolute atomic E-state index is 0.110. The number of pyridine rings is 1. The lowest BCUT2D eigenvalue weighted by Gasteiger charge is -2.23. The van der Waals surface area contributed by atoms with Crippen LogP contribution < -0.4 is 4.90 Å². The Balaban J connectivity index is 1.41. The molecule has 4 nitrogen and oxygen atoms in total. The van der Waals surface area contributed by atoms with E-state index in [1.54, 1.807) is 6.07 Å². The summed E-state index contributed by atoms with van der Waals surface area (Å²) >= 11 is 0. The number of carbonyl (C=O) groups is 1. The van der Waals surface area contributed by atoms with E-state index in [1.165, 1.54) is 25.5 Å². The van der Waals surface area contributed by atoms with E-state index >= 15 is 0 Å². The maximum absolute atomic E-state index is 12.8. The maximum atomic E-state index is 12.8. The number of carbonyl (C=O) groups excluding carboxylic acids is 1. The third-order valence-electron chi connectivity index (χ3n) is 5.97. The van der Waals surface area contributed by atoms with Gasteiger partial charge in [-0.1, -0.05) is 6.42 Å². The fourth-order valence-electron chi connectivity index (χ4n) is 4.64. The number of amides is 1. The molecule has 0 radical (unpaired) electrons. The molecule has 3 unspecified atom stereocenters. The molecule has 0 bridgehead atoms. The van der Waals surface area contributed by atoms with Crippen molar-refractivity contribution < 1.29 is 18.0 Å². The SMILES string of the molecule is O=C(C1CCN(c2ccnc(C(F)(F)F)c2)C1)N1CC2CCCC2C1. The van der Waals surface area contributed by atoms with Crippen molar-refractivity contribution in [3.8, 4) is 0 Å². The third-order valence-corrected chi connectivity index (χ3v) is 5.97. The zero-order valence-corrected chi connectivity index (χ0v) is 14.0. The molecule has 0 aromatic carbocycles. The van der Waals surface area contributed by atoms with Crippen LogP contribution in [0.5, 0.6) is 0 Å². The fraction of sp³-hybridized carbons (Fsp3) is 0.667. The van der Waals surface area contributed by atoms with Gasteiger partial charge in [0.1, 0.15) is 5.69 Å². The predicted molar refractivity (Wildman–Crippen MR) is 87.0 cm³/mol. The minimum Gasteiger partial charge on any atom is -0.371 e. The van der Waals surface area contributed by atoms with Crippen molar-refractivity contribution in [2.45, 2.75) is 31.9 Å². The molecule has 3 fully saturated rings. The topological polar surface area (TPSA) is 36.4 Å². The van der Waals surface area contributed by atoms with Crippen molar-refractivity contribution in [3.05, 3.63) is 24.0 Å². The Bertz CT molecular complexity index is 651. The van der Waals surface area contributed by atoms with Crippen molar-refractivity contribution in [1.29, 1.82) is 0 Å². The van der Waals surface area contributed by atoms with E-state index < -0.39 is 11.9 Å². The summed E-state index contributed by atoms with van der Waals surface area (Å²) in [5, 5.41) is 0. The van der Waals surface area contributed by atoms with Crippen LogP contribution in [0.15, 0.2) is 18.3 Å². The normalized spacial score (nSPS) is 29.3. The van der Waals surface area contributed by atoms with Crippen LogP contribution in [-0.4, -0.2) is 42.0 Å². The lowest BCUT2D eigenvalue weighted by atomic mass is 10.0. The van der Waals surface area contributed by atoms with Gasteiger partial charge in [-0.2, -0.15) is 13.2 Å². The van der Waals surface area contributed by atoms with Gasteiger partial charge in [0.25, 0.3) is 0 Å². The Morgan fingerprint density at radius 2 is 1.84 bits per heavy atom. The Morgan fingerprint density at radius 3 is 2.52 bits per heavy atom. The number of nitrogens with zero attached hydrogens (tertiary/aromatic N) is 3. The van der Waals surface area contributed by atoms with Gasteiger partial charge in [-0.3, -0.25) is 9.78 Å². The molecule has 1 aromatic rings. The molecule has 3 aliphatic rings. The molecule has 3 atom stereocenters. The summed E-state index contributed by atoms with van der Waals surface area (Å²) < 4.78 is 38.5. The molecule has 1 amide bonds. The number of likely N-dealkylation sites (tertiary alicyclic amines) is 1. The van der Waals surface area contributed by atoms with Gasteiger partial charge >= 0.3 is 6.18 Å². The number of aromatic nitrogens is 1. The number of anilines is 1. The monoisotopic (exact) mass is 353 g/mol. The summed E-state index contributed by atoms with van der Waals surface area (Å²) in [6.45, 7) is 2.84. The summed E-state index contributed by atoms with van der Waals surface area (Å²) in [7, 11) is 0. The van der Waals surface area contributed by atoms with Crippen molar-refractivity contribution >= 4 is 11.6 Å². The molecular formula is C18H22F3N3O. The van der Waals surface area contributed by atoms with Crippen LogP contribution in [-0.2, 0) is 11.0 Å². The van der Waals surface area contributed by atoms with E-state index in [-0.39, 0.29) is 11.8 Å². The number of halogens is 3. The van der Waals surface area contributed by atoms with E-state index in [1.807, 2.05) is 9.80 Å². The fourth-order valence-corrected chi connectivity index (χ4v) is 4.64. The van der Waals surface area contributed by atoms with Gasteiger partial charge in [0, 0.05) is 38.1 Å². The van der Waals surface area contributed by atoms with Crippen LogP contribution in [0.2, 0.25) is 0 Å². The highest BCUT2D eigenvalue weighted by molar-refractivity contribution is 5.80. The number of hydrogen-bond donors (Lipinski definition) is 0. The standard InChI is InChI=1S/C18H22F3N3O/c19-18(20,21)16-8-15(4-6-22-16)23-7-5-14(11-23)17(25)24-9-12-2-1-3-13(12)10-24/h4,6,8,12-14H,1-3,5,7,9-11H2. The molecular weight excluding hydrogens is 331 g/mol. The minimum atomic E-state index is -4.45. The quantitative estimate of drug-likeness (QED) is 0.819. The highest BCUT2D eigenvalue weighted by atomic mass is 19.4. The highest BCUT2D eigenvalue weighted by Gasteiger charge is 2.41. The first-order valence-corrected chi connectivity index (χ1v) is 8.99. The Labute approximate surface area is 145 Å². The van der Waals surface area contributed by atoms with Crippen LogP contribution >= 0.6 is 0 Å². The van der Waals surface area contributed by atoms with Gasteiger partial charge < -0.3 is 9.80 Å². The third kappa shape index (κ3) is 3.20. The maximum Gasteiger partial charge on any atom is 0.433 e. The molecule has 136 valence electrons. The van der Waals surface area contributed by atoms with Gasteiger partial charge in [0.15, 0.2) is 0 Å². The summed E-state index contributed by atoms with van der Waals surface area (Å²) in [6, 6.07) is 2.66. The summed E-state index contributed by atoms with van der Waals surface area (Å²) in [5.74, 6) is 1.40. The van der Waals surface area contributed by atoms with Crippen LogP contribution in [0.1, 0.15) is 31.4 Å². The smallest absolute Gasteiger partial charge is 0.371 e. The first-order chi connectivity index (χ1) is 11.9. The number of rotatable bonds is 2. The van der Waals surface area contributed by atoms with Crippen LogP contribution in [0, 0.1) is 17.8 Å².